The van der Waals surface area contributed by atoms with Crippen LogP contribution >= 0.6 is 0 Å². The Morgan fingerprint density at radius 1 is 0.906 bits per heavy atom. The molecule has 0 saturated carbocycles. The van der Waals surface area contributed by atoms with Gasteiger partial charge in [-0.1, -0.05) is 24.3 Å². The smallest absolute Gasteiger partial charge is 0.128 e. The lowest BCUT2D eigenvalue weighted by Gasteiger charge is -2.36. The monoisotopic (exact) mass is 428 g/mol. The molecule has 1 saturated heterocycles. The molecule has 0 unspecified atom stereocenters. The van der Waals surface area contributed by atoms with Crippen molar-refractivity contribution in [3.05, 3.63) is 95.2 Å². The van der Waals surface area contributed by atoms with Crippen molar-refractivity contribution in [3.63, 3.8) is 0 Å². The predicted molar refractivity (Wildman–Crippen MR) is 121 cm³/mol. The summed E-state index contributed by atoms with van der Waals surface area (Å²) in [4.78, 5) is 5.33. The van der Waals surface area contributed by atoms with Crippen LogP contribution in [0.25, 0.3) is 22.0 Å². The molecule has 6 heteroatoms. The number of nitrogens with one attached hydrogen (secondary N) is 2. The van der Waals surface area contributed by atoms with E-state index in [4.69, 9.17) is 0 Å². The molecule has 4 nitrogen and oxygen atoms in total. The zero-order valence-electron chi connectivity index (χ0n) is 17.4. The van der Waals surface area contributed by atoms with Crippen LogP contribution in [-0.2, 0) is 0 Å². The molecule has 3 aromatic carbocycles. The first-order valence-electron chi connectivity index (χ1n) is 10.7. The molecule has 0 bridgehead atoms. The molecule has 1 fully saturated rings. The molecule has 0 amide bonds. The van der Waals surface area contributed by atoms with Gasteiger partial charge < -0.3 is 10.3 Å². The van der Waals surface area contributed by atoms with Crippen LogP contribution in [0.3, 0.4) is 0 Å². The van der Waals surface area contributed by atoms with Gasteiger partial charge in [-0.2, -0.15) is 5.26 Å². The predicted octanol–water partition coefficient (Wildman–Crippen LogP) is 4.98. The van der Waals surface area contributed by atoms with Crippen LogP contribution in [-0.4, -0.2) is 36.1 Å². The molecule has 0 radical (unpaired) electrons. The minimum absolute atomic E-state index is 0.290. The third kappa shape index (κ3) is 3.77. The minimum Gasteiger partial charge on any atom is -0.360 e. The summed E-state index contributed by atoms with van der Waals surface area (Å²) in [6, 6.07) is 19.2. The van der Waals surface area contributed by atoms with E-state index in [2.05, 4.69) is 21.3 Å². The zero-order valence-corrected chi connectivity index (χ0v) is 17.4. The Morgan fingerprint density at radius 3 is 2.38 bits per heavy atom. The second-order valence-corrected chi connectivity index (χ2v) is 8.05. The van der Waals surface area contributed by atoms with Crippen molar-refractivity contribution in [1.29, 1.82) is 5.26 Å². The Balaban J connectivity index is 1.62. The number of hydrogen-bond donors (Lipinski definition) is 2. The summed E-state index contributed by atoms with van der Waals surface area (Å²) in [6.45, 7) is 3.18. The van der Waals surface area contributed by atoms with Crippen molar-refractivity contribution in [3.8, 4) is 17.2 Å². The van der Waals surface area contributed by atoms with Gasteiger partial charge in [0, 0.05) is 48.8 Å². The maximum atomic E-state index is 15.2. The van der Waals surface area contributed by atoms with Gasteiger partial charge in [0.25, 0.3) is 0 Å². The second kappa shape index (κ2) is 8.54. The lowest BCUT2D eigenvalue weighted by molar-refractivity contribution is 0.195. The molecule has 4 aromatic rings. The van der Waals surface area contributed by atoms with Gasteiger partial charge in [-0.3, -0.25) is 4.90 Å². The van der Waals surface area contributed by atoms with Crippen LogP contribution < -0.4 is 5.32 Å². The number of benzene rings is 3. The first-order valence-corrected chi connectivity index (χ1v) is 10.7. The fraction of sp³-hybridized carbons (Fsp3) is 0.192. The molecule has 2 N–H and O–H groups in total. The van der Waals surface area contributed by atoms with Gasteiger partial charge in [0.05, 0.1) is 11.6 Å². The standard InChI is InChI=1S/C26H22F2N4/c27-21-5-1-17(2-6-21)26(32-11-9-30-10-12-32)23-14-18(3-7-24(23)28)19-4-8-25-22(13-19)20(15-29)16-31-25/h1-8,13-14,16,26,30-31H,9-12H2/t26-/m0/s1. The van der Waals surface area contributed by atoms with Crippen molar-refractivity contribution in [2.24, 2.45) is 0 Å². The maximum absolute atomic E-state index is 15.2. The second-order valence-electron chi connectivity index (χ2n) is 8.05. The van der Waals surface area contributed by atoms with Crippen molar-refractivity contribution < 1.29 is 8.78 Å². The van der Waals surface area contributed by atoms with Gasteiger partial charge in [-0.05, 0) is 53.1 Å². The van der Waals surface area contributed by atoms with Gasteiger partial charge in [0.1, 0.15) is 17.7 Å². The van der Waals surface area contributed by atoms with Gasteiger partial charge in [0.15, 0.2) is 0 Å². The van der Waals surface area contributed by atoms with Gasteiger partial charge in [0.2, 0.25) is 0 Å². The number of fused-ring (bicyclic) bond motifs is 1. The van der Waals surface area contributed by atoms with Crippen LogP contribution in [0.1, 0.15) is 22.7 Å². The highest BCUT2D eigenvalue weighted by Crippen LogP contribution is 2.34. The van der Waals surface area contributed by atoms with Crippen LogP contribution in [0.15, 0.2) is 66.9 Å². The summed E-state index contributed by atoms with van der Waals surface area (Å²) in [5, 5.41) is 13.5. The van der Waals surface area contributed by atoms with E-state index in [0.29, 0.717) is 11.1 Å². The van der Waals surface area contributed by atoms with Crippen LogP contribution in [0.5, 0.6) is 0 Å². The highest BCUT2D eigenvalue weighted by molar-refractivity contribution is 5.89. The fourth-order valence-corrected chi connectivity index (χ4v) is 4.50. The molecular weight excluding hydrogens is 406 g/mol. The number of piperazine rings is 1. The highest BCUT2D eigenvalue weighted by atomic mass is 19.1. The van der Waals surface area contributed by atoms with Crippen molar-refractivity contribution >= 4 is 10.9 Å². The third-order valence-electron chi connectivity index (χ3n) is 6.13. The number of aromatic nitrogens is 1. The normalized spacial score (nSPS) is 15.5. The fourth-order valence-electron chi connectivity index (χ4n) is 4.50. The summed E-state index contributed by atoms with van der Waals surface area (Å²) < 4.78 is 28.8. The van der Waals surface area contributed by atoms with E-state index in [1.165, 1.54) is 18.2 Å². The quantitative estimate of drug-likeness (QED) is 0.482. The Bertz CT molecular complexity index is 1300. The number of H-pyrrole nitrogens is 1. The van der Waals surface area contributed by atoms with Crippen LogP contribution in [0.4, 0.5) is 8.78 Å². The summed E-state index contributed by atoms with van der Waals surface area (Å²) in [7, 11) is 0. The van der Waals surface area contributed by atoms with E-state index in [9.17, 15) is 9.65 Å². The van der Waals surface area contributed by atoms with Crippen LogP contribution in [0, 0.1) is 23.0 Å². The van der Waals surface area contributed by atoms with E-state index in [1.54, 1.807) is 24.4 Å². The van der Waals surface area contributed by atoms with Crippen molar-refractivity contribution in [2.45, 2.75) is 6.04 Å². The molecule has 1 aromatic heterocycles. The molecule has 2 heterocycles. The number of rotatable bonds is 4. The Kier molecular flexibility index (Phi) is 5.44. The molecule has 32 heavy (non-hydrogen) atoms. The molecule has 5 rings (SSSR count). The number of nitrogens with zero attached hydrogens (tertiary/aromatic N) is 2. The summed E-state index contributed by atoms with van der Waals surface area (Å²) >= 11 is 0. The molecule has 1 atom stereocenters. The Morgan fingerprint density at radius 2 is 1.62 bits per heavy atom. The van der Waals surface area contributed by atoms with E-state index in [0.717, 1.165) is 53.8 Å². The van der Waals surface area contributed by atoms with Crippen molar-refractivity contribution in [2.75, 3.05) is 26.2 Å². The Labute approximate surface area is 185 Å². The number of hydrogen-bond acceptors (Lipinski definition) is 3. The largest absolute Gasteiger partial charge is 0.360 e. The molecular formula is C26H22F2N4. The Hall–Kier alpha value is -3.53. The van der Waals surface area contributed by atoms with Gasteiger partial charge in [-0.25, -0.2) is 8.78 Å². The molecule has 160 valence electrons. The highest BCUT2D eigenvalue weighted by Gasteiger charge is 2.27. The first kappa shape index (κ1) is 20.4. The zero-order chi connectivity index (χ0) is 22.1. The number of aromatic amines is 1. The summed E-state index contributed by atoms with van der Waals surface area (Å²) in [6.07, 6.45) is 1.69. The van der Waals surface area contributed by atoms with E-state index in [-0.39, 0.29) is 17.7 Å². The summed E-state index contributed by atoms with van der Waals surface area (Å²) in [5.41, 5.74) is 4.67. The van der Waals surface area contributed by atoms with E-state index < -0.39 is 0 Å². The molecule has 1 aliphatic heterocycles. The number of halogens is 2. The van der Waals surface area contributed by atoms with Gasteiger partial charge in [-0.15, -0.1) is 0 Å². The topological polar surface area (TPSA) is 54.9 Å². The molecule has 0 spiro atoms. The molecule has 0 aliphatic carbocycles. The SMILES string of the molecule is N#Cc1c[nH]c2ccc(-c3ccc(F)c([C@H](c4ccc(F)cc4)N4CCNCC4)c3)cc12. The van der Waals surface area contributed by atoms with Crippen LogP contribution in [0.2, 0.25) is 0 Å². The summed E-state index contributed by atoms with van der Waals surface area (Å²) in [5.74, 6) is -0.600. The maximum Gasteiger partial charge on any atom is 0.128 e. The van der Waals surface area contributed by atoms with E-state index in [1.807, 2.05) is 24.3 Å². The number of nitriles is 1. The third-order valence-corrected chi connectivity index (χ3v) is 6.13. The molecule has 1 aliphatic rings. The van der Waals surface area contributed by atoms with E-state index >= 15 is 4.39 Å². The van der Waals surface area contributed by atoms with Gasteiger partial charge >= 0.3 is 0 Å². The first-order chi connectivity index (χ1) is 15.6. The van der Waals surface area contributed by atoms with Crippen molar-refractivity contribution in [1.82, 2.24) is 15.2 Å². The average molecular weight is 428 g/mol. The lowest BCUT2D eigenvalue weighted by atomic mass is 9.92. The lowest BCUT2D eigenvalue weighted by Crippen LogP contribution is -2.45. The average Bonchev–Trinajstić information content (AvgIpc) is 3.25. The minimum atomic E-state index is -0.316.